The molecule has 0 saturated heterocycles. The van der Waals surface area contributed by atoms with Gasteiger partial charge in [0.25, 0.3) is 0 Å². The summed E-state index contributed by atoms with van der Waals surface area (Å²) in [7, 11) is 2.10. The molecule has 0 aliphatic rings. The number of imidazole rings is 1. The lowest BCUT2D eigenvalue weighted by Gasteiger charge is -2.02. The minimum atomic E-state index is 0.739. The Hall–Kier alpha value is -1.02. The standard InChI is InChI=1S/C13H17ClN2/c1-10-6-5-7-11-13(10)16(2)12(15-11)8-3-4-9-14/h5-7H,3-4,8-9H2,1-2H3. The molecule has 2 nitrogen and oxygen atoms in total. The molecule has 0 unspecified atom stereocenters. The third-order valence-electron chi connectivity index (χ3n) is 2.97. The number of unbranched alkanes of at least 4 members (excludes halogenated alkanes) is 1. The van der Waals surface area contributed by atoms with Gasteiger partial charge in [0.15, 0.2) is 0 Å². The molecule has 86 valence electrons. The number of fused-ring (bicyclic) bond motifs is 1. The second-order valence-corrected chi connectivity index (χ2v) is 4.55. The van der Waals surface area contributed by atoms with Gasteiger partial charge in [0.2, 0.25) is 0 Å². The van der Waals surface area contributed by atoms with Crippen molar-refractivity contribution in [1.29, 1.82) is 0 Å². The predicted molar refractivity (Wildman–Crippen MR) is 69.1 cm³/mol. The van der Waals surface area contributed by atoms with E-state index < -0.39 is 0 Å². The number of hydrogen-bond acceptors (Lipinski definition) is 1. The molecule has 2 aromatic rings. The maximum absolute atomic E-state index is 5.68. The highest BCUT2D eigenvalue weighted by molar-refractivity contribution is 6.17. The molecule has 1 aromatic carbocycles. The fourth-order valence-corrected chi connectivity index (χ4v) is 2.30. The normalized spacial score (nSPS) is 11.2. The van der Waals surface area contributed by atoms with E-state index in [1.54, 1.807) is 0 Å². The number of halogens is 1. The number of benzene rings is 1. The second-order valence-electron chi connectivity index (χ2n) is 4.18. The van der Waals surface area contributed by atoms with E-state index in [1.165, 1.54) is 11.1 Å². The molecule has 0 N–H and O–H groups in total. The molecule has 0 atom stereocenters. The Morgan fingerprint density at radius 3 is 2.81 bits per heavy atom. The van der Waals surface area contributed by atoms with Crippen LogP contribution in [-0.4, -0.2) is 15.4 Å². The Morgan fingerprint density at radius 1 is 1.31 bits per heavy atom. The molecule has 0 fully saturated rings. The molecule has 0 bridgehead atoms. The lowest BCUT2D eigenvalue weighted by Crippen LogP contribution is -1.98. The minimum Gasteiger partial charge on any atom is -0.331 e. The number of nitrogens with zero attached hydrogens (tertiary/aromatic N) is 2. The van der Waals surface area contributed by atoms with Gasteiger partial charge < -0.3 is 4.57 Å². The van der Waals surface area contributed by atoms with Crippen LogP contribution in [0.25, 0.3) is 11.0 Å². The van der Waals surface area contributed by atoms with E-state index in [0.717, 1.165) is 36.5 Å². The number of rotatable bonds is 4. The van der Waals surface area contributed by atoms with Crippen molar-refractivity contribution in [3.63, 3.8) is 0 Å². The van der Waals surface area contributed by atoms with Crippen LogP contribution in [0.4, 0.5) is 0 Å². The smallest absolute Gasteiger partial charge is 0.109 e. The van der Waals surface area contributed by atoms with Gasteiger partial charge in [0, 0.05) is 19.3 Å². The quantitative estimate of drug-likeness (QED) is 0.587. The highest BCUT2D eigenvalue weighted by Gasteiger charge is 2.08. The van der Waals surface area contributed by atoms with Gasteiger partial charge in [0.05, 0.1) is 11.0 Å². The van der Waals surface area contributed by atoms with Crippen LogP contribution < -0.4 is 0 Å². The average Bonchev–Trinajstić information content (AvgIpc) is 2.58. The van der Waals surface area contributed by atoms with E-state index in [2.05, 4.69) is 41.7 Å². The van der Waals surface area contributed by atoms with Crippen LogP contribution in [-0.2, 0) is 13.5 Å². The van der Waals surface area contributed by atoms with Gasteiger partial charge in [-0.2, -0.15) is 0 Å². The van der Waals surface area contributed by atoms with Gasteiger partial charge in [0.1, 0.15) is 5.82 Å². The molecule has 0 spiro atoms. The van der Waals surface area contributed by atoms with Gasteiger partial charge in [-0.05, 0) is 31.4 Å². The molecule has 0 aliphatic heterocycles. The zero-order chi connectivity index (χ0) is 11.5. The maximum atomic E-state index is 5.68. The number of para-hydroxylation sites is 1. The molecule has 0 saturated carbocycles. The van der Waals surface area contributed by atoms with Gasteiger partial charge in [-0.3, -0.25) is 0 Å². The Balaban J connectivity index is 2.33. The van der Waals surface area contributed by atoms with Crippen LogP contribution in [0.2, 0.25) is 0 Å². The van der Waals surface area contributed by atoms with Crippen molar-refractivity contribution in [2.45, 2.75) is 26.2 Å². The van der Waals surface area contributed by atoms with Crippen molar-refractivity contribution in [2.24, 2.45) is 7.05 Å². The third-order valence-corrected chi connectivity index (χ3v) is 3.24. The Morgan fingerprint density at radius 2 is 2.12 bits per heavy atom. The zero-order valence-corrected chi connectivity index (χ0v) is 10.6. The summed E-state index contributed by atoms with van der Waals surface area (Å²) < 4.78 is 2.21. The lowest BCUT2D eigenvalue weighted by atomic mass is 10.2. The van der Waals surface area contributed by atoms with Crippen LogP contribution in [0.3, 0.4) is 0 Å². The monoisotopic (exact) mass is 236 g/mol. The van der Waals surface area contributed by atoms with Crippen LogP contribution in [0.15, 0.2) is 18.2 Å². The largest absolute Gasteiger partial charge is 0.331 e. The van der Waals surface area contributed by atoms with E-state index >= 15 is 0 Å². The van der Waals surface area contributed by atoms with Gasteiger partial charge in [-0.1, -0.05) is 12.1 Å². The third kappa shape index (κ3) is 2.07. The van der Waals surface area contributed by atoms with Gasteiger partial charge in [-0.25, -0.2) is 4.98 Å². The molecule has 16 heavy (non-hydrogen) atoms. The summed E-state index contributed by atoms with van der Waals surface area (Å²) in [5.74, 6) is 1.90. The number of aryl methyl sites for hydroxylation is 3. The first-order valence-corrected chi connectivity index (χ1v) is 6.24. The second kappa shape index (κ2) is 4.88. The van der Waals surface area contributed by atoms with Crippen LogP contribution in [0.5, 0.6) is 0 Å². The molecular weight excluding hydrogens is 220 g/mol. The highest BCUT2D eigenvalue weighted by atomic mass is 35.5. The first kappa shape index (κ1) is 11.5. The highest BCUT2D eigenvalue weighted by Crippen LogP contribution is 2.19. The molecule has 0 aliphatic carbocycles. The van der Waals surface area contributed by atoms with Crippen molar-refractivity contribution in [1.82, 2.24) is 9.55 Å². The van der Waals surface area contributed by atoms with Gasteiger partial charge in [-0.15, -0.1) is 11.6 Å². The summed E-state index contributed by atoms with van der Waals surface area (Å²) in [6.07, 6.45) is 3.18. The van der Waals surface area contributed by atoms with E-state index in [-0.39, 0.29) is 0 Å². The molecule has 1 aromatic heterocycles. The summed E-state index contributed by atoms with van der Waals surface area (Å²) in [6, 6.07) is 6.27. The van der Waals surface area contributed by atoms with Crippen molar-refractivity contribution in [2.75, 3.05) is 5.88 Å². The fraction of sp³-hybridized carbons (Fsp3) is 0.462. The molecule has 0 radical (unpaired) electrons. The lowest BCUT2D eigenvalue weighted by molar-refractivity contribution is 0.722. The van der Waals surface area contributed by atoms with E-state index in [4.69, 9.17) is 11.6 Å². The first-order valence-electron chi connectivity index (χ1n) is 5.71. The van der Waals surface area contributed by atoms with Crippen molar-refractivity contribution in [3.8, 4) is 0 Å². The Labute approximate surface area is 101 Å². The average molecular weight is 237 g/mol. The number of hydrogen-bond donors (Lipinski definition) is 0. The first-order chi connectivity index (χ1) is 7.74. The predicted octanol–water partition coefficient (Wildman–Crippen LogP) is 3.44. The van der Waals surface area contributed by atoms with Crippen LogP contribution >= 0.6 is 11.6 Å². The summed E-state index contributed by atoms with van der Waals surface area (Å²) in [4.78, 5) is 4.66. The summed E-state index contributed by atoms with van der Waals surface area (Å²) >= 11 is 5.68. The van der Waals surface area contributed by atoms with E-state index in [9.17, 15) is 0 Å². The SMILES string of the molecule is Cc1cccc2nc(CCCCCl)n(C)c12. The topological polar surface area (TPSA) is 17.8 Å². The summed E-state index contributed by atoms with van der Waals surface area (Å²) in [6.45, 7) is 2.13. The van der Waals surface area contributed by atoms with Crippen molar-refractivity contribution >= 4 is 22.6 Å². The summed E-state index contributed by atoms with van der Waals surface area (Å²) in [5, 5.41) is 0. The van der Waals surface area contributed by atoms with Crippen molar-refractivity contribution < 1.29 is 0 Å². The maximum Gasteiger partial charge on any atom is 0.109 e. The molecule has 3 heteroatoms. The minimum absolute atomic E-state index is 0.739. The summed E-state index contributed by atoms with van der Waals surface area (Å²) in [5.41, 5.74) is 3.64. The number of aromatic nitrogens is 2. The molecule has 2 rings (SSSR count). The Bertz CT molecular complexity index is 488. The fourth-order valence-electron chi connectivity index (χ4n) is 2.11. The van der Waals surface area contributed by atoms with E-state index in [1.807, 2.05) is 0 Å². The number of alkyl halides is 1. The van der Waals surface area contributed by atoms with E-state index in [0.29, 0.717) is 0 Å². The van der Waals surface area contributed by atoms with Crippen molar-refractivity contribution in [3.05, 3.63) is 29.6 Å². The van der Waals surface area contributed by atoms with Crippen LogP contribution in [0.1, 0.15) is 24.2 Å². The zero-order valence-electron chi connectivity index (χ0n) is 9.83. The van der Waals surface area contributed by atoms with Crippen LogP contribution in [0, 0.1) is 6.92 Å². The molecule has 0 amide bonds. The Kier molecular flexibility index (Phi) is 3.49. The molecular formula is C13H17ClN2. The van der Waals surface area contributed by atoms with Gasteiger partial charge >= 0.3 is 0 Å². The molecule has 1 heterocycles.